The fourth-order valence-electron chi connectivity index (χ4n) is 3.74. The van der Waals surface area contributed by atoms with Crippen LogP contribution in [0.1, 0.15) is 45.4 Å². The van der Waals surface area contributed by atoms with Crippen LogP contribution in [0.2, 0.25) is 0 Å². The predicted molar refractivity (Wildman–Crippen MR) is 120 cm³/mol. The summed E-state index contributed by atoms with van der Waals surface area (Å²) in [5.41, 5.74) is 2.13. The van der Waals surface area contributed by atoms with Crippen molar-refractivity contribution in [1.82, 2.24) is 20.6 Å². The van der Waals surface area contributed by atoms with Crippen LogP contribution in [0, 0.1) is 11.8 Å². The Morgan fingerprint density at radius 1 is 1.23 bits per heavy atom. The number of nitrogens with zero attached hydrogens (tertiary/aromatic N) is 2. The number of benzene rings is 1. The first-order valence-electron chi connectivity index (χ1n) is 9.56. The van der Waals surface area contributed by atoms with Gasteiger partial charge < -0.3 is 15.6 Å². The second kappa shape index (κ2) is 10.1. The summed E-state index contributed by atoms with van der Waals surface area (Å²) < 4.78 is 0. The van der Waals surface area contributed by atoms with Gasteiger partial charge in [0.05, 0.1) is 11.0 Å². The molecule has 26 heavy (non-hydrogen) atoms. The zero-order valence-corrected chi connectivity index (χ0v) is 18.4. The highest BCUT2D eigenvalue weighted by molar-refractivity contribution is 14.0. The lowest BCUT2D eigenvalue weighted by Gasteiger charge is -2.32. The molecule has 0 saturated heterocycles. The molecule has 3 N–H and O–H groups in total. The Labute approximate surface area is 173 Å². The van der Waals surface area contributed by atoms with Gasteiger partial charge in [0.2, 0.25) is 0 Å². The van der Waals surface area contributed by atoms with Gasteiger partial charge in [0.15, 0.2) is 5.96 Å². The van der Waals surface area contributed by atoms with Crippen LogP contribution >= 0.6 is 24.0 Å². The van der Waals surface area contributed by atoms with Crippen LogP contribution in [0.5, 0.6) is 0 Å². The molecule has 0 amide bonds. The van der Waals surface area contributed by atoms with Gasteiger partial charge in [0.1, 0.15) is 5.82 Å². The molecular formula is C20H32IN5. The molecule has 0 aliphatic heterocycles. The quantitative estimate of drug-likeness (QED) is 0.351. The third kappa shape index (κ3) is 5.59. The Morgan fingerprint density at radius 3 is 2.62 bits per heavy atom. The third-order valence-corrected chi connectivity index (χ3v) is 5.37. The normalized spacial score (nSPS) is 20.8. The highest BCUT2D eigenvalue weighted by Crippen LogP contribution is 2.29. The van der Waals surface area contributed by atoms with Gasteiger partial charge in [-0.1, -0.05) is 26.0 Å². The molecular weight excluding hydrogens is 437 g/mol. The van der Waals surface area contributed by atoms with Crippen LogP contribution < -0.4 is 10.6 Å². The highest BCUT2D eigenvalue weighted by Gasteiger charge is 2.23. The molecule has 0 spiro atoms. The number of para-hydroxylation sites is 2. The number of halogens is 1. The first-order valence-corrected chi connectivity index (χ1v) is 9.56. The summed E-state index contributed by atoms with van der Waals surface area (Å²) in [6, 6.07) is 8.70. The summed E-state index contributed by atoms with van der Waals surface area (Å²) in [4.78, 5) is 12.4. The van der Waals surface area contributed by atoms with Crippen molar-refractivity contribution in [3.8, 4) is 0 Å². The maximum absolute atomic E-state index is 4.62. The lowest BCUT2D eigenvalue weighted by molar-refractivity contribution is 0.250. The number of aromatic amines is 1. The predicted octanol–water partition coefficient (Wildman–Crippen LogP) is 4.10. The summed E-state index contributed by atoms with van der Waals surface area (Å²) in [6.07, 6.45) is 5.99. The molecule has 0 bridgehead atoms. The van der Waals surface area contributed by atoms with Gasteiger partial charge in [-0.25, -0.2) is 4.98 Å². The molecule has 1 aliphatic rings. The van der Waals surface area contributed by atoms with Crippen LogP contribution in [-0.4, -0.2) is 35.6 Å². The standard InChI is InChI=1S/C20H31N5.HI/c1-14(2)15-8-10-16(11-9-15)23-20(21-3)22-13-12-19-24-17-6-4-5-7-18(17)25-19;/h4-7,14-16H,8-13H2,1-3H3,(H,24,25)(H2,21,22,23);1H. The molecule has 0 unspecified atom stereocenters. The fourth-order valence-corrected chi connectivity index (χ4v) is 3.74. The van der Waals surface area contributed by atoms with Crippen molar-refractivity contribution < 1.29 is 0 Å². The average Bonchev–Trinajstić information content (AvgIpc) is 3.04. The molecule has 0 atom stereocenters. The smallest absolute Gasteiger partial charge is 0.191 e. The summed E-state index contributed by atoms with van der Waals surface area (Å²) in [6.45, 7) is 5.51. The van der Waals surface area contributed by atoms with Crippen molar-refractivity contribution in [2.24, 2.45) is 16.8 Å². The lowest BCUT2D eigenvalue weighted by Crippen LogP contribution is -2.45. The molecule has 0 radical (unpaired) electrons. The minimum atomic E-state index is 0. The van der Waals surface area contributed by atoms with Crippen molar-refractivity contribution in [2.45, 2.75) is 52.0 Å². The molecule has 1 aromatic heterocycles. The first kappa shape index (κ1) is 21.0. The van der Waals surface area contributed by atoms with E-state index in [2.05, 4.69) is 45.5 Å². The summed E-state index contributed by atoms with van der Waals surface area (Å²) in [5.74, 6) is 3.62. The number of hydrogen-bond acceptors (Lipinski definition) is 2. The van der Waals surface area contributed by atoms with Crippen LogP contribution in [-0.2, 0) is 6.42 Å². The second-order valence-electron chi connectivity index (χ2n) is 7.45. The number of guanidine groups is 1. The summed E-state index contributed by atoms with van der Waals surface area (Å²) in [5, 5.41) is 7.01. The van der Waals surface area contributed by atoms with Gasteiger partial charge in [0, 0.05) is 26.1 Å². The van der Waals surface area contributed by atoms with Gasteiger partial charge in [-0.3, -0.25) is 4.99 Å². The topological polar surface area (TPSA) is 65.1 Å². The van der Waals surface area contributed by atoms with E-state index in [1.807, 2.05) is 25.2 Å². The average molecular weight is 469 g/mol. The Balaban J connectivity index is 0.00000243. The number of fused-ring (bicyclic) bond motifs is 1. The molecule has 1 saturated carbocycles. The van der Waals surface area contributed by atoms with Crippen molar-refractivity contribution in [3.05, 3.63) is 30.1 Å². The number of rotatable bonds is 5. The SMILES string of the molecule is CN=C(NCCc1nc2ccccc2[nH]1)NC1CCC(C(C)C)CC1.I. The Kier molecular flexibility index (Phi) is 8.18. The molecule has 6 heteroatoms. The first-order chi connectivity index (χ1) is 12.2. The Morgan fingerprint density at radius 2 is 1.96 bits per heavy atom. The molecule has 1 fully saturated rings. The zero-order chi connectivity index (χ0) is 17.6. The van der Waals surface area contributed by atoms with E-state index in [0.717, 1.165) is 47.6 Å². The Hall–Kier alpha value is -1.31. The summed E-state index contributed by atoms with van der Waals surface area (Å²) in [7, 11) is 1.84. The number of aliphatic imine (C=N–C) groups is 1. The molecule has 3 rings (SSSR count). The molecule has 144 valence electrons. The van der Waals surface area contributed by atoms with Crippen LogP contribution in [0.15, 0.2) is 29.3 Å². The van der Waals surface area contributed by atoms with E-state index in [4.69, 9.17) is 0 Å². The minimum absolute atomic E-state index is 0. The van der Waals surface area contributed by atoms with Gasteiger partial charge in [-0.2, -0.15) is 0 Å². The number of hydrogen-bond donors (Lipinski definition) is 3. The fraction of sp³-hybridized carbons (Fsp3) is 0.600. The van der Waals surface area contributed by atoms with E-state index in [1.54, 1.807) is 0 Å². The lowest BCUT2D eigenvalue weighted by atomic mass is 9.80. The van der Waals surface area contributed by atoms with Crippen molar-refractivity contribution >= 4 is 41.0 Å². The molecule has 2 aromatic rings. The molecule has 5 nitrogen and oxygen atoms in total. The molecule has 1 aromatic carbocycles. The van der Waals surface area contributed by atoms with E-state index in [0.29, 0.717) is 6.04 Å². The van der Waals surface area contributed by atoms with E-state index in [9.17, 15) is 0 Å². The number of imidazole rings is 1. The van der Waals surface area contributed by atoms with Crippen LogP contribution in [0.4, 0.5) is 0 Å². The Bertz CT molecular complexity index is 668. The van der Waals surface area contributed by atoms with E-state index in [1.165, 1.54) is 25.7 Å². The summed E-state index contributed by atoms with van der Waals surface area (Å²) >= 11 is 0. The van der Waals surface area contributed by atoms with E-state index < -0.39 is 0 Å². The highest BCUT2D eigenvalue weighted by atomic mass is 127. The van der Waals surface area contributed by atoms with Gasteiger partial charge in [-0.05, 0) is 49.7 Å². The molecule has 1 heterocycles. The van der Waals surface area contributed by atoms with E-state index in [-0.39, 0.29) is 24.0 Å². The van der Waals surface area contributed by atoms with E-state index >= 15 is 0 Å². The number of aromatic nitrogens is 2. The van der Waals surface area contributed by atoms with Crippen molar-refractivity contribution in [3.63, 3.8) is 0 Å². The third-order valence-electron chi connectivity index (χ3n) is 5.37. The maximum atomic E-state index is 4.62. The van der Waals surface area contributed by atoms with Crippen molar-refractivity contribution in [1.29, 1.82) is 0 Å². The monoisotopic (exact) mass is 469 g/mol. The van der Waals surface area contributed by atoms with Gasteiger partial charge in [-0.15, -0.1) is 24.0 Å². The minimum Gasteiger partial charge on any atom is -0.356 e. The van der Waals surface area contributed by atoms with Gasteiger partial charge in [0.25, 0.3) is 0 Å². The zero-order valence-electron chi connectivity index (χ0n) is 16.1. The van der Waals surface area contributed by atoms with Gasteiger partial charge >= 0.3 is 0 Å². The largest absolute Gasteiger partial charge is 0.356 e. The van der Waals surface area contributed by atoms with Crippen LogP contribution in [0.25, 0.3) is 11.0 Å². The number of H-pyrrole nitrogens is 1. The maximum Gasteiger partial charge on any atom is 0.191 e. The second-order valence-corrected chi connectivity index (χ2v) is 7.45. The molecule has 1 aliphatic carbocycles. The number of nitrogens with one attached hydrogen (secondary N) is 3. The van der Waals surface area contributed by atoms with Crippen molar-refractivity contribution in [2.75, 3.05) is 13.6 Å². The van der Waals surface area contributed by atoms with Crippen LogP contribution in [0.3, 0.4) is 0 Å².